The second-order valence-corrected chi connectivity index (χ2v) is 7.64. The Hall–Kier alpha value is -0.770. The zero-order chi connectivity index (χ0) is 15.4. The first-order chi connectivity index (χ1) is 9.21. The molecule has 4 heteroatoms. The molecule has 0 saturated carbocycles. The van der Waals surface area contributed by atoms with Gasteiger partial charge in [-0.2, -0.15) is 0 Å². The van der Waals surface area contributed by atoms with Gasteiger partial charge in [0, 0.05) is 33.2 Å². The Morgan fingerprint density at radius 2 is 2.05 bits per heavy atom. The predicted molar refractivity (Wildman–Crippen MR) is 88.3 cm³/mol. The van der Waals surface area contributed by atoms with Crippen molar-refractivity contribution in [3.05, 3.63) is 0 Å². The number of hydrogen-bond acceptors (Lipinski definition) is 2. The first-order valence-electron chi connectivity index (χ1n) is 7.82. The normalized spacial score (nSPS) is 24.6. The van der Waals surface area contributed by atoms with E-state index in [1.54, 1.807) is 0 Å². The van der Waals surface area contributed by atoms with Crippen molar-refractivity contribution in [3.63, 3.8) is 0 Å². The zero-order valence-electron chi connectivity index (χ0n) is 14.6. The van der Waals surface area contributed by atoms with Crippen molar-refractivity contribution < 1.29 is 0 Å². The number of nitrogens with one attached hydrogen (secondary N) is 1. The lowest BCUT2D eigenvalue weighted by Gasteiger charge is -2.31. The first kappa shape index (κ1) is 17.3. The summed E-state index contributed by atoms with van der Waals surface area (Å²) in [7, 11) is 6.15. The van der Waals surface area contributed by atoms with Gasteiger partial charge in [0.1, 0.15) is 0 Å². The molecular formula is C16H34N4. The van der Waals surface area contributed by atoms with Gasteiger partial charge in [-0.1, -0.05) is 27.7 Å². The van der Waals surface area contributed by atoms with Gasteiger partial charge >= 0.3 is 0 Å². The van der Waals surface area contributed by atoms with Crippen LogP contribution in [0.3, 0.4) is 0 Å². The van der Waals surface area contributed by atoms with Crippen molar-refractivity contribution >= 4 is 5.96 Å². The van der Waals surface area contributed by atoms with Crippen molar-refractivity contribution in [3.8, 4) is 0 Å². The van der Waals surface area contributed by atoms with Crippen LogP contribution >= 0.6 is 0 Å². The fourth-order valence-corrected chi connectivity index (χ4v) is 3.06. The molecule has 4 nitrogen and oxygen atoms in total. The molecule has 1 atom stereocenters. The molecule has 1 aliphatic rings. The lowest BCUT2D eigenvalue weighted by atomic mass is 9.87. The van der Waals surface area contributed by atoms with Crippen molar-refractivity contribution in [2.45, 2.75) is 40.5 Å². The number of aliphatic imine (C=N–C) groups is 1. The van der Waals surface area contributed by atoms with Crippen LogP contribution in [0.25, 0.3) is 0 Å². The Bertz CT molecular complexity index is 335. The average Bonchev–Trinajstić information content (AvgIpc) is 2.72. The van der Waals surface area contributed by atoms with Gasteiger partial charge in [0.2, 0.25) is 0 Å². The molecule has 20 heavy (non-hydrogen) atoms. The number of rotatable bonds is 5. The van der Waals surface area contributed by atoms with Crippen LogP contribution in [0, 0.1) is 10.8 Å². The van der Waals surface area contributed by atoms with Gasteiger partial charge < -0.3 is 15.1 Å². The van der Waals surface area contributed by atoms with E-state index in [2.05, 4.69) is 61.9 Å². The van der Waals surface area contributed by atoms with Crippen LogP contribution in [0.4, 0.5) is 0 Å². The minimum absolute atomic E-state index is 0.243. The van der Waals surface area contributed by atoms with E-state index in [-0.39, 0.29) is 5.41 Å². The summed E-state index contributed by atoms with van der Waals surface area (Å²) in [5, 5.41) is 3.57. The Labute approximate surface area is 125 Å². The summed E-state index contributed by atoms with van der Waals surface area (Å²) in [6.07, 6.45) is 2.51. The topological polar surface area (TPSA) is 30.9 Å². The lowest BCUT2D eigenvalue weighted by Crippen LogP contribution is -2.46. The molecule has 0 bridgehead atoms. The highest BCUT2D eigenvalue weighted by Gasteiger charge is 2.33. The quantitative estimate of drug-likeness (QED) is 0.620. The van der Waals surface area contributed by atoms with E-state index in [1.807, 2.05) is 7.05 Å². The van der Waals surface area contributed by atoms with Crippen LogP contribution in [-0.2, 0) is 0 Å². The summed E-state index contributed by atoms with van der Waals surface area (Å²) in [4.78, 5) is 9.13. The predicted octanol–water partition coefficient (Wildman–Crippen LogP) is 2.27. The Balaban J connectivity index is 2.53. The molecule has 1 saturated heterocycles. The lowest BCUT2D eigenvalue weighted by molar-refractivity contribution is 0.238. The van der Waals surface area contributed by atoms with Gasteiger partial charge in [-0.25, -0.2) is 0 Å². The van der Waals surface area contributed by atoms with E-state index in [0.29, 0.717) is 5.41 Å². The SMILES string of the molecule is CCC1(C)CCN(C(=NC)NCC(C)(C)CN(C)C)C1. The number of hydrogen-bond donors (Lipinski definition) is 1. The molecule has 1 aliphatic heterocycles. The Morgan fingerprint density at radius 3 is 2.50 bits per heavy atom. The molecule has 0 aromatic rings. The standard InChI is InChI=1S/C16H34N4/c1-8-16(4)9-10-20(13-16)14(17-5)18-11-15(2,3)12-19(6)7/h8-13H2,1-7H3,(H,17,18). The molecule has 1 rings (SSSR count). The maximum absolute atomic E-state index is 4.47. The highest BCUT2D eigenvalue weighted by molar-refractivity contribution is 5.80. The summed E-state index contributed by atoms with van der Waals surface area (Å²) >= 11 is 0. The monoisotopic (exact) mass is 282 g/mol. The fourth-order valence-electron chi connectivity index (χ4n) is 3.06. The largest absolute Gasteiger partial charge is 0.356 e. The molecule has 0 aliphatic carbocycles. The summed E-state index contributed by atoms with van der Waals surface area (Å²) in [6.45, 7) is 13.5. The van der Waals surface area contributed by atoms with E-state index in [9.17, 15) is 0 Å². The molecule has 0 amide bonds. The highest BCUT2D eigenvalue weighted by Crippen LogP contribution is 2.32. The van der Waals surface area contributed by atoms with Gasteiger partial charge in [-0.05, 0) is 37.8 Å². The van der Waals surface area contributed by atoms with Crippen molar-refractivity contribution in [1.29, 1.82) is 0 Å². The van der Waals surface area contributed by atoms with Crippen molar-refractivity contribution in [2.24, 2.45) is 15.8 Å². The summed E-state index contributed by atoms with van der Waals surface area (Å²) < 4.78 is 0. The molecule has 118 valence electrons. The van der Waals surface area contributed by atoms with Gasteiger partial charge in [-0.3, -0.25) is 4.99 Å². The highest BCUT2D eigenvalue weighted by atomic mass is 15.3. The molecule has 1 N–H and O–H groups in total. The van der Waals surface area contributed by atoms with Crippen LogP contribution in [0.1, 0.15) is 40.5 Å². The van der Waals surface area contributed by atoms with Gasteiger partial charge in [0.05, 0.1) is 0 Å². The zero-order valence-corrected chi connectivity index (χ0v) is 14.6. The fraction of sp³-hybridized carbons (Fsp3) is 0.938. The molecule has 0 spiro atoms. The van der Waals surface area contributed by atoms with E-state index >= 15 is 0 Å². The van der Waals surface area contributed by atoms with Crippen LogP contribution in [0.15, 0.2) is 4.99 Å². The second kappa shape index (κ2) is 6.79. The smallest absolute Gasteiger partial charge is 0.193 e. The average molecular weight is 282 g/mol. The van der Waals surface area contributed by atoms with E-state index < -0.39 is 0 Å². The number of nitrogens with zero attached hydrogens (tertiary/aromatic N) is 3. The van der Waals surface area contributed by atoms with Crippen molar-refractivity contribution in [2.75, 3.05) is 47.3 Å². The molecule has 0 aromatic heterocycles. The Kier molecular flexibility index (Phi) is 5.87. The van der Waals surface area contributed by atoms with Crippen LogP contribution in [0.5, 0.6) is 0 Å². The van der Waals surface area contributed by atoms with Crippen molar-refractivity contribution in [1.82, 2.24) is 15.1 Å². The van der Waals surface area contributed by atoms with E-state index in [4.69, 9.17) is 0 Å². The molecule has 1 fully saturated rings. The van der Waals surface area contributed by atoms with Crippen LogP contribution in [0.2, 0.25) is 0 Å². The van der Waals surface area contributed by atoms with Gasteiger partial charge in [-0.15, -0.1) is 0 Å². The third-order valence-electron chi connectivity index (χ3n) is 4.39. The van der Waals surface area contributed by atoms with E-state index in [0.717, 1.165) is 32.1 Å². The molecule has 0 aromatic carbocycles. The molecule has 1 unspecified atom stereocenters. The second-order valence-electron chi connectivity index (χ2n) is 7.64. The summed E-state index contributed by atoms with van der Waals surface area (Å²) in [6, 6.07) is 0. The molecular weight excluding hydrogens is 248 g/mol. The van der Waals surface area contributed by atoms with Crippen LogP contribution < -0.4 is 5.32 Å². The van der Waals surface area contributed by atoms with Crippen LogP contribution in [-0.4, -0.2) is 63.1 Å². The number of guanidine groups is 1. The maximum Gasteiger partial charge on any atom is 0.193 e. The number of likely N-dealkylation sites (tertiary alicyclic amines) is 1. The summed E-state index contributed by atoms with van der Waals surface area (Å²) in [5.74, 6) is 1.06. The maximum atomic E-state index is 4.47. The molecule has 1 heterocycles. The minimum atomic E-state index is 0.243. The Morgan fingerprint density at radius 1 is 1.40 bits per heavy atom. The first-order valence-corrected chi connectivity index (χ1v) is 7.82. The third-order valence-corrected chi connectivity index (χ3v) is 4.39. The van der Waals surface area contributed by atoms with E-state index in [1.165, 1.54) is 12.8 Å². The van der Waals surface area contributed by atoms with Gasteiger partial charge in [0.15, 0.2) is 5.96 Å². The summed E-state index contributed by atoms with van der Waals surface area (Å²) in [5.41, 5.74) is 0.698. The third kappa shape index (κ3) is 4.97. The minimum Gasteiger partial charge on any atom is -0.356 e. The van der Waals surface area contributed by atoms with Gasteiger partial charge in [0.25, 0.3) is 0 Å². The molecule has 0 radical (unpaired) electrons.